The zero-order valence-electron chi connectivity index (χ0n) is 14.6. The van der Waals surface area contributed by atoms with E-state index in [0.717, 1.165) is 18.2 Å². The van der Waals surface area contributed by atoms with Crippen LogP contribution in [0.5, 0.6) is 5.75 Å². The predicted octanol–water partition coefficient (Wildman–Crippen LogP) is 3.74. The molecule has 28 heavy (non-hydrogen) atoms. The van der Waals surface area contributed by atoms with E-state index in [1.165, 1.54) is 30.6 Å². The first-order chi connectivity index (χ1) is 13.4. The second kappa shape index (κ2) is 7.28. The molecule has 4 rings (SSSR count). The standard InChI is InChI=1S/C18H17F3N4O3/c19-18(20,21)28-12-3-1-11(2-4-12)24-16-14-7-8-25(17(14)23-10-22-16)15-6-5-13(9-26)27-15/h1-4,7-8,10,13,15,26H,5-6,9H2,(H,22,23,24). The van der Waals surface area contributed by atoms with Gasteiger partial charge in [0.15, 0.2) is 0 Å². The predicted molar refractivity (Wildman–Crippen MR) is 94.2 cm³/mol. The van der Waals surface area contributed by atoms with Crippen molar-refractivity contribution in [1.29, 1.82) is 0 Å². The van der Waals surface area contributed by atoms with Gasteiger partial charge in [-0.2, -0.15) is 0 Å². The number of alkyl halides is 3. The molecule has 1 aliphatic heterocycles. The van der Waals surface area contributed by atoms with Gasteiger partial charge in [0.05, 0.1) is 18.1 Å². The van der Waals surface area contributed by atoms with Gasteiger partial charge in [-0.15, -0.1) is 13.2 Å². The third kappa shape index (κ3) is 3.87. The largest absolute Gasteiger partial charge is 0.573 e. The van der Waals surface area contributed by atoms with Gasteiger partial charge >= 0.3 is 6.36 Å². The Morgan fingerprint density at radius 2 is 1.96 bits per heavy atom. The van der Waals surface area contributed by atoms with Crippen molar-refractivity contribution in [3.05, 3.63) is 42.9 Å². The van der Waals surface area contributed by atoms with Crippen LogP contribution in [0.3, 0.4) is 0 Å². The summed E-state index contributed by atoms with van der Waals surface area (Å²) < 4.78 is 48.3. The smallest absolute Gasteiger partial charge is 0.406 e. The molecule has 2 unspecified atom stereocenters. The van der Waals surface area contributed by atoms with Gasteiger partial charge in [0.2, 0.25) is 0 Å². The van der Waals surface area contributed by atoms with Gasteiger partial charge in [-0.05, 0) is 43.2 Å². The number of aliphatic hydroxyl groups excluding tert-OH is 1. The summed E-state index contributed by atoms with van der Waals surface area (Å²) in [6.07, 6.45) is -0.342. The van der Waals surface area contributed by atoms with Gasteiger partial charge < -0.3 is 24.5 Å². The van der Waals surface area contributed by atoms with Gasteiger partial charge in [0.25, 0.3) is 0 Å². The van der Waals surface area contributed by atoms with Crippen LogP contribution in [0.15, 0.2) is 42.9 Å². The van der Waals surface area contributed by atoms with Crippen molar-refractivity contribution < 1.29 is 27.8 Å². The van der Waals surface area contributed by atoms with Crippen LogP contribution in [0.25, 0.3) is 11.0 Å². The topological polar surface area (TPSA) is 81.4 Å². The van der Waals surface area contributed by atoms with Crippen molar-refractivity contribution in [3.63, 3.8) is 0 Å². The lowest BCUT2D eigenvalue weighted by Crippen LogP contribution is -2.16. The molecule has 2 atom stereocenters. The molecule has 1 saturated heterocycles. The first-order valence-corrected chi connectivity index (χ1v) is 8.63. The van der Waals surface area contributed by atoms with Crippen LogP contribution in [0.1, 0.15) is 19.1 Å². The molecule has 1 aliphatic rings. The van der Waals surface area contributed by atoms with E-state index < -0.39 is 6.36 Å². The van der Waals surface area contributed by atoms with Gasteiger partial charge in [0, 0.05) is 11.9 Å². The van der Waals surface area contributed by atoms with E-state index in [1.54, 1.807) is 0 Å². The number of anilines is 2. The van der Waals surface area contributed by atoms with Crippen LogP contribution in [0.4, 0.5) is 24.7 Å². The van der Waals surface area contributed by atoms with Gasteiger partial charge in [0.1, 0.15) is 29.8 Å². The Balaban J connectivity index is 1.55. The second-order valence-electron chi connectivity index (χ2n) is 6.35. The lowest BCUT2D eigenvalue weighted by Gasteiger charge is -2.15. The lowest BCUT2D eigenvalue weighted by molar-refractivity contribution is -0.274. The van der Waals surface area contributed by atoms with Crippen molar-refractivity contribution in [2.75, 3.05) is 11.9 Å². The number of ether oxygens (including phenoxy) is 2. The molecular formula is C18H17F3N4O3. The molecule has 0 amide bonds. The zero-order valence-corrected chi connectivity index (χ0v) is 14.6. The number of nitrogens with zero attached hydrogens (tertiary/aromatic N) is 3. The summed E-state index contributed by atoms with van der Waals surface area (Å²) in [5.41, 5.74) is 1.22. The molecule has 0 bridgehead atoms. The molecule has 3 aromatic rings. The Hall–Kier alpha value is -2.85. The van der Waals surface area contributed by atoms with Crippen LogP contribution in [-0.4, -0.2) is 38.7 Å². The van der Waals surface area contributed by atoms with Crippen LogP contribution in [0.2, 0.25) is 0 Å². The quantitative estimate of drug-likeness (QED) is 0.686. The van der Waals surface area contributed by atoms with Crippen LogP contribution in [-0.2, 0) is 4.74 Å². The number of benzene rings is 1. The van der Waals surface area contributed by atoms with Crippen molar-refractivity contribution in [3.8, 4) is 5.75 Å². The Labute approximate surface area is 157 Å². The Bertz CT molecular complexity index is 959. The lowest BCUT2D eigenvalue weighted by atomic mass is 10.2. The van der Waals surface area contributed by atoms with Crippen LogP contribution in [0, 0.1) is 0 Å². The number of aliphatic hydroxyl groups is 1. The minimum Gasteiger partial charge on any atom is -0.406 e. The fraction of sp³-hybridized carbons (Fsp3) is 0.333. The molecule has 2 aromatic heterocycles. The highest BCUT2D eigenvalue weighted by Gasteiger charge is 2.31. The zero-order chi connectivity index (χ0) is 19.7. The Morgan fingerprint density at radius 1 is 1.18 bits per heavy atom. The first-order valence-electron chi connectivity index (χ1n) is 8.63. The monoisotopic (exact) mass is 394 g/mol. The van der Waals surface area contributed by atoms with E-state index in [4.69, 9.17) is 4.74 Å². The number of hydrogen-bond acceptors (Lipinski definition) is 6. The molecule has 148 valence electrons. The van der Waals surface area contributed by atoms with Crippen molar-refractivity contribution >= 4 is 22.5 Å². The summed E-state index contributed by atoms with van der Waals surface area (Å²) in [7, 11) is 0. The van der Waals surface area contributed by atoms with E-state index in [0.29, 0.717) is 17.2 Å². The van der Waals surface area contributed by atoms with E-state index in [2.05, 4.69) is 20.0 Å². The van der Waals surface area contributed by atoms with Crippen molar-refractivity contribution in [2.45, 2.75) is 31.5 Å². The Kier molecular flexibility index (Phi) is 4.82. The number of rotatable bonds is 5. The molecule has 1 aromatic carbocycles. The minimum atomic E-state index is -4.73. The maximum atomic E-state index is 12.3. The molecule has 3 heterocycles. The maximum Gasteiger partial charge on any atom is 0.573 e. The average molecular weight is 394 g/mol. The first kappa shape index (κ1) is 18.5. The van der Waals surface area contributed by atoms with Crippen LogP contribution < -0.4 is 10.1 Å². The third-order valence-electron chi connectivity index (χ3n) is 4.46. The fourth-order valence-corrected chi connectivity index (χ4v) is 3.21. The van der Waals surface area contributed by atoms with E-state index in [1.807, 2.05) is 16.8 Å². The summed E-state index contributed by atoms with van der Waals surface area (Å²) in [6, 6.07) is 7.23. The highest BCUT2D eigenvalue weighted by Crippen LogP contribution is 2.33. The molecular weight excluding hydrogens is 377 g/mol. The molecule has 7 nitrogen and oxygen atoms in total. The summed E-state index contributed by atoms with van der Waals surface area (Å²) in [5, 5.41) is 13.1. The summed E-state index contributed by atoms with van der Waals surface area (Å²) in [5.74, 6) is 0.221. The molecule has 1 fully saturated rings. The summed E-state index contributed by atoms with van der Waals surface area (Å²) >= 11 is 0. The van der Waals surface area contributed by atoms with Crippen molar-refractivity contribution in [1.82, 2.24) is 14.5 Å². The summed E-state index contributed by atoms with van der Waals surface area (Å²) in [4.78, 5) is 8.55. The molecule has 10 heteroatoms. The highest BCUT2D eigenvalue weighted by atomic mass is 19.4. The normalized spacial score (nSPS) is 19.9. The van der Waals surface area contributed by atoms with Gasteiger partial charge in [-0.1, -0.05) is 0 Å². The molecule has 0 saturated carbocycles. The maximum absolute atomic E-state index is 12.3. The minimum absolute atomic E-state index is 0.0223. The van der Waals surface area contributed by atoms with Crippen LogP contribution >= 0.6 is 0 Å². The molecule has 0 aliphatic carbocycles. The number of nitrogens with one attached hydrogen (secondary N) is 1. The SMILES string of the molecule is OCC1CCC(n2ccc3c(Nc4ccc(OC(F)(F)F)cc4)ncnc32)O1. The molecule has 2 N–H and O–H groups in total. The molecule has 0 spiro atoms. The van der Waals surface area contributed by atoms with Gasteiger partial charge in [-0.25, -0.2) is 9.97 Å². The van der Waals surface area contributed by atoms with E-state index in [-0.39, 0.29) is 24.7 Å². The number of fused-ring (bicyclic) bond motifs is 1. The third-order valence-corrected chi connectivity index (χ3v) is 4.46. The summed E-state index contributed by atoms with van der Waals surface area (Å²) in [6.45, 7) is -0.0223. The fourth-order valence-electron chi connectivity index (χ4n) is 3.21. The Morgan fingerprint density at radius 3 is 2.64 bits per heavy atom. The van der Waals surface area contributed by atoms with Crippen molar-refractivity contribution in [2.24, 2.45) is 0 Å². The molecule has 0 radical (unpaired) electrons. The van der Waals surface area contributed by atoms with E-state index >= 15 is 0 Å². The highest BCUT2D eigenvalue weighted by molar-refractivity contribution is 5.89. The number of aromatic nitrogens is 3. The number of hydrogen-bond donors (Lipinski definition) is 2. The average Bonchev–Trinajstić information content (AvgIpc) is 3.29. The van der Waals surface area contributed by atoms with E-state index in [9.17, 15) is 18.3 Å². The number of halogens is 3. The van der Waals surface area contributed by atoms with Gasteiger partial charge in [-0.3, -0.25) is 0 Å². The second-order valence-corrected chi connectivity index (χ2v) is 6.35.